The number of nitrogens with one attached hydrogen (secondary N) is 1. The van der Waals surface area contributed by atoms with E-state index in [9.17, 15) is 9.59 Å². The Balaban J connectivity index is 2.80. The monoisotopic (exact) mass is 203 g/mol. The van der Waals surface area contributed by atoms with Crippen LogP contribution >= 0.6 is 0 Å². The van der Waals surface area contributed by atoms with E-state index in [2.05, 4.69) is 4.98 Å². The summed E-state index contributed by atoms with van der Waals surface area (Å²) in [5, 5.41) is 0. The molecule has 1 heterocycles. The van der Waals surface area contributed by atoms with E-state index in [0.29, 0.717) is 5.69 Å². The number of H-pyrrole nitrogens is 1. The molecular weight excluding hydrogens is 194 g/mol. The van der Waals surface area contributed by atoms with Crippen molar-refractivity contribution in [2.24, 2.45) is 0 Å². The summed E-state index contributed by atoms with van der Waals surface area (Å²) >= 11 is 0. The predicted octanol–water partition coefficient (Wildman–Crippen LogP) is 0.108. The zero-order valence-electron chi connectivity index (χ0n) is 7.81. The van der Waals surface area contributed by atoms with Gasteiger partial charge in [-0.15, -0.1) is 0 Å². The first-order chi connectivity index (χ1) is 7.20. The highest BCUT2D eigenvalue weighted by molar-refractivity contribution is 5.37. The molecule has 0 amide bonds. The summed E-state index contributed by atoms with van der Waals surface area (Å²) in [4.78, 5) is 25.4. The second kappa shape index (κ2) is 3.45. The number of benzene rings is 1. The minimum atomic E-state index is -0.509. The standard InChI is InChI=1S/C10H9N3O2/c11-8-6-12-10(15)13(9(8)14)7-4-2-1-3-5-7/h1-6H,11H2,(H,12,15). The number of hydrogen-bond acceptors (Lipinski definition) is 3. The van der Waals surface area contributed by atoms with Crippen LogP contribution in [0, 0.1) is 0 Å². The van der Waals surface area contributed by atoms with Gasteiger partial charge in [-0.25, -0.2) is 9.36 Å². The quantitative estimate of drug-likeness (QED) is 0.690. The molecule has 1 aromatic carbocycles. The fourth-order valence-corrected chi connectivity index (χ4v) is 1.30. The van der Waals surface area contributed by atoms with Crippen LogP contribution in [0.2, 0.25) is 0 Å². The van der Waals surface area contributed by atoms with E-state index >= 15 is 0 Å². The SMILES string of the molecule is Nc1c[nH]c(=O)n(-c2ccccc2)c1=O. The lowest BCUT2D eigenvalue weighted by Gasteiger charge is -2.03. The maximum atomic E-state index is 11.6. The second-order valence-electron chi connectivity index (χ2n) is 3.03. The Labute approximate surface area is 84.8 Å². The molecule has 0 fully saturated rings. The molecule has 76 valence electrons. The first-order valence-electron chi connectivity index (χ1n) is 4.36. The zero-order valence-corrected chi connectivity index (χ0v) is 7.81. The largest absolute Gasteiger partial charge is 0.393 e. The molecule has 0 spiro atoms. The molecule has 0 atom stereocenters. The van der Waals surface area contributed by atoms with Crippen LogP contribution in [0.25, 0.3) is 5.69 Å². The summed E-state index contributed by atoms with van der Waals surface area (Å²) in [6.07, 6.45) is 1.20. The number of nitrogen functional groups attached to an aromatic ring is 1. The van der Waals surface area contributed by atoms with Crippen molar-refractivity contribution >= 4 is 5.69 Å². The highest BCUT2D eigenvalue weighted by Crippen LogP contribution is 2.00. The van der Waals surface area contributed by atoms with Crippen LogP contribution in [0.3, 0.4) is 0 Å². The van der Waals surface area contributed by atoms with Crippen LogP contribution in [0.4, 0.5) is 5.69 Å². The Hall–Kier alpha value is -2.30. The van der Waals surface area contributed by atoms with Crippen molar-refractivity contribution < 1.29 is 0 Å². The van der Waals surface area contributed by atoms with E-state index in [0.717, 1.165) is 4.57 Å². The first-order valence-corrected chi connectivity index (χ1v) is 4.36. The summed E-state index contributed by atoms with van der Waals surface area (Å²) < 4.78 is 0.995. The molecule has 0 bridgehead atoms. The predicted molar refractivity (Wildman–Crippen MR) is 57.1 cm³/mol. The molecule has 0 saturated carbocycles. The lowest BCUT2D eigenvalue weighted by Crippen LogP contribution is -2.34. The molecule has 2 aromatic rings. The minimum absolute atomic E-state index is 0.0125. The second-order valence-corrected chi connectivity index (χ2v) is 3.03. The van der Waals surface area contributed by atoms with Crippen molar-refractivity contribution in [2.75, 3.05) is 5.73 Å². The van der Waals surface area contributed by atoms with Gasteiger partial charge < -0.3 is 10.7 Å². The fourth-order valence-electron chi connectivity index (χ4n) is 1.30. The highest BCUT2D eigenvalue weighted by Gasteiger charge is 2.05. The summed E-state index contributed by atoms with van der Waals surface area (Å²) in [5.41, 5.74) is 4.92. The van der Waals surface area contributed by atoms with Gasteiger partial charge in [-0.1, -0.05) is 18.2 Å². The number of nitrogens with zero attached hydrogens (tertiary/aromatic N) is 1. The smallest absolute Gasteiger partial charge is 0.333 e. The van der Waals surface area contributed by atoms with E-state index in [4.69, 9.17) is 5.73 Å². The number of rotatable bonds is 1. The van der Waals surface area contributed by atoms with Gasteiger partial charge in [0.2, 0.25) is 0 Å². The van der Waals surface area contributed by atoms with Crippen molar-refractivity contribution in [3.63, 3.8) is 0 Å². The lowest BCUT2D eigenvalue weighted by atomic mass is 10.3. The third-order valence-electron chi connectivity index (χ3n) is 2.02. The van der Waals surface area contributed by atoms with E-state index in [1.807, 2.05) is 0 Å². The van der Waals surface area contributed by atoms with Crippen molar-refractivity contribution in [3.05, 3.63) is 57.4 Å². The molecule has 0 aliphatic carbocycles. The van der Waals surface area contributed by atoms with Crippen LogP contribution in [-0.4, -0.2) is 9.55 Å². The van der Waals surface area contributed by atoms with Gasteiger partial charge in [-0.2, -0.15) is 0 Å². The molecule has 15 heavy (non-hydrogen) atoms. The molecule has 1 aromatic heterocycles. The van der Waals surface area contributed by atoms with Crippen molar-refractivity contribution in [2.45, 2.75) is 0 Å². The van der Waals surface area contributed by atoms with Crippen LogP contribution in [-0.2, 0) is 0 Å². The molecule has 0 aliphatic rings. The molecule has 2 rings (SSSR count). The molecule has 5 nitrogen and oxygen atoms in total. The minimum Gasteiger partial charge on any atom is -0.393 e. The molecule has 0 saturated heterocycles. The fraction of sp³-hybridized carbons (Fsp3) is 0. The summed E-state index contributed by atoms with van der Waals surface area (Å²) in [7, 11) is 0. The maximum absolute atomic E-state index is 11.6. The molecule has 3 N–H and O–H groups in total. The van der Waals surface area contributed by atoms with Gasteiger partial charge in [0.15, 0.2) is 0 Å². The van der Waals surface area contributed by atoms with Gasteiger partial charge in [0.1, 0.15) is 5.69 Å². The van der Waals surface area contributed by atoms with Crippen LogP contribution in [0.5, 0.6) is 0 Å². The Bertz CT molecular complexity index is 584. The van der Waals surface area contributed by atoms with Gasteiger partial charge >= 0.3 is 5.69 Å². The number of aromatic amines is 1. The van der Waals surface area contributed by atoms with Gasteiger partial charge in [-0.05, 0) is 12.1 Å². The van der Waals surface area contributed by atoms with Crippen molar-refractivity contribution in [3.8, 4) is 5.69 Å². The van der Waals surface area contributed by atoms with Crippen LogP contribution < -0.4 is 17.0 Å². The molecule has 0 aliphatic heterocycles. The average molecular weight is 203 g/mol. The Morgan fingerprint density at radius 2 is 1.80 bits per heavy atom. The summed E-state index contributed by atoms with van der Waals surface area (Å²) in [5.74, 6) is 0. The number of anilines is 1. The Kier molecular flexibility index (Phi) is 2.13. The third-order valence-corrected chi connectivity index (χ3v) is 2.02. The topological polar surface area (TPSA) is 80.9 Å². The highest BCUT2D eigenvalue weighted by atomic mass is 16.2. The first kappa shape index (κ1) is 9.26. The average Bonchev–Trinajstić information content (AvgIpc) is 2.26. The number of hydrogen-bond donors (Lipinski definition) is 2. The summed E-state index contributed by atoms with van der Waals surface area (Å²) in [6, 6.07) is 8.61. The Morgan fingerprint density at radius 1 is 1.13 bits per heavy atom. The zero-order chi connectivity index (χ0) is 10.8. The van der Waals surface area contributed by atoms with Gasteiger partial charge in [0.05, 0.1) is 5.69 Å². The maximum Gasteiger partial charge on any atom is 0.333 e. The number of para-hydroxylation sites is 1. The normalized spacial score (nSPS) is 10.1. The van der Waals surface area contributed by atoms with Crippen molar-refractivity contribution in [1.29, 1.82) is 0 Å². The van der Waals surface area contributed by atoms with E-state index in [1.54, 1.807) is 30.3 Å². The number of aromatic nitrogens is 2. The Morgan fingerprint density at radius 3 is 2.47 bits per heavy atom. The molecule has 5 heteroatoms. The molecular formula is C10H9N3O2. The van der Waals surface area contributed by atoms with Gasteiger partial charge in [0.25, 0.3) is 5.56 Å². The van der Waals surface area contributed by atoms with E-state index in [-0.39, 0.29) is 5.69 Å². The summed E-state index contributed by atoms with van der Waals surface area (Å²) in [6.45, 7) is 0. The van der Waals surface area contributed by atoms with Gasteiger partial charge in [0, 0.05) is 6.20 Å². The van der Waals surface area contributed by atoms with E-state index in [1.165, 1.54) is 6.20 Å². The van der Waals surface area contributed by atoms with Gasteiger partial charge in [-0.3, -0.25) is 4.79 Å². The van der Waals surface area contributed by atoms with Crippen LogP contribution in [0.15, 0.2) is 46.1 Å². The lowest BCUT2D eigenvalue weighted by molar-refractivity contribution is 0.880. The third kappa shape index (κ3) is 1.54. The molecule has 0 radical (unpaired) electrons. The van der Waals surface area contributed by atoms with Crippen molar-refractivity contribution in [1.82, 2.24) is 9.55 Å². The number of nitrogens with two attached hydrogens (primary N) is 1. The van der Waals surface area contributed by atoms with Crippen LogP contribution in [0.1, 0.15) is 0 Å². The van der Waals surface area contributed by atoms with E-state index < -0.39 is 11.2 Å². The molecule has 0 unspecified atom stereocenters.